The van der Waals surface area contributed by atoms with E-state index in [0.717, 1.165) is 4.90 Å². The Morgan fingerprint density at radius 3 is 2.50 bits per heavy atom. The summed E-state index contributed by atoms with van der Waals surface area (Å²) in [6.07, 6.45) is 1.32. The normalized spacial score (nSPS) is 14.3. The van der Waals surface area contributed by atoms with Gasteiger partial charge in [0, 0.05) is 24.2 Å². The SMILES string of the molecule is COc1ccc(C(=O)NCC(=O)NCCN2C(=O)S/C(=C\c3ccccc3F)C2=O)cc1OC. The third kappa shape index (κ3) is 5.93. The number of halogens is 1. The van der Waals surface area contributed by atoms with Crippen LogP contribution < -0.4 is 20.1 Å². The van der Waals surface area contributed by atoms with E-state index < -0.39 is 28.8 Å². The minimum absolute atomic E-state index is 0.00389. The quantitative estimate of drug-likeness (QED) is 0.522. The minimum Gasteiger partial charge on any atom is -0.493 e. The fraction of sp³-hybridized carbons (Fsp3) is 0.217. The molecule has 4 amide bonds. The Balaban J connectivity index is 1.47. The van der Waals surface area contributed by atoms with Gasteiger partial charge >= 0.3 is 0 Å². The molecule has 0 aromatic heterocycles. The van der Waals surface area contributed by atoms with Gasteiger partial charge in [-0.1, -0.05) is 18.2 Å². The van der Waals surface area contributed by atoms with Crippen molar-refractivity contribution in [2.24, 2.45) is 0 Å². The summed E-state index contributed by atoms with van der Waals surface area (Å²) in [5, 5.41) is 4.51. The number of carbonyl (C=O) groups is 4. The number of imide groups is 1. The zero-order chi connectivity index (χ0) is 24.7. The average Bonchev–Trinajstić information content (AvgIpc) is 3.10. The maximum atomic E-state index is 13.8. The molecule has 1 aliphatic rings. The van der Waals surface area contributed by atoms with Gasteiger partial charge in [-0.2, -0.15) is 0 Å². The van der Waals surface area contributed by atoms with Crippen molar-refractivity contribution in [1.82, 2.24) is 15.5 Å². The second-order valence-electron chi connectivity index (χ2n) is 6.96. The number of methoxy groups -OCH3 is 2. The first-order valence-electron chi connectivity index (χ1n) is 10.1. The highest BCUT2D eigenvalue weighted by molar-refractivity contribution is 8.18. The molecule has 178 valence electrons. The van der Waals surface area contributed by atoms with Crippen molar-refractivity contribution in [3.05, 3.63) is 64.3 Å². The lowest BCUT2D eigenvalue weighted by Gasteiger charge is -2.13. The number of hydrogen-bond donors (Lipinski definition) is 2. The van der Waals surface area contributed by atoms with Crippen LogP contribution in [-0.4, -0.2) is 61.7 Å². The molecule has 9 nitrogen and oxygen atoms in total. The lowest BCUT2D eigenvalue weighted by molar-refractivity contribution is -0.124. The second kappa shape index (κ2) is 11.3. The average molecular weight is 488 g/mol. The molecule has 0 bridgehead atoms. The molecule has 1 fully saturated rings. The smallest absolute Gasteiger partial charge is 0.293 e. The van der Waals surface area contributed by atoms with Crippen molar-refractivity contribution in [1.29, 1.82) is 0 Å². The maximum absolute atomic E-state index is 13.8. The molecule has 0 spiro atoms. The van der Waals surface area contributed by atoms with Crippen LogP contribution in [0, 0.1) is 5.82 Å². The molecule has 0 aliphatic carbocycles. The number of rotatable bonds is 9. The number of amides is 4. The first kappa shape index (κ1) is 24.8. The van der Waals surface area contributed by atoms with Crippen molar-refractivity contribution in [2.75, 3.05) is 33.9 Å². The van der Waals surface area contributed by atoms with E-state index >= 15 is 0 Å². The number of carbonyl (C=O) groups excluding carboxylic acids is 4. The van der Waals surface area contributed by atoms with Gasteiger partial charge in [0.2, 0.25) is 5.91 Å². The lowest BCUT2D eigenvalue weighted by Crippen LogP contribution is -2.41. The summed E-state index contributed by atoms with van der Waals surface area (Å²) in [6, 6.07) is 10.5. The molecule has 2 N–H and O–H groups in total. The molecule has 0 saturated carbocycles. The van der Waals surface area contributed by atoms with E-state index in [1.165, 1.54) is 50.6 Å². The molecule has 2 aromatic rings. The minimum atomic E-state index is -0.561. The van der Waals surface area contributed by atoms with Gasteiger partial charge in [0.1, 0.15) is 5.82 Å². The molecule has 34 heavy (non-hydrogen) atoms. The van der Waals surface area contributed by atoms with Gasteiger partial charge in [0.15, 0.2) is 11.5 Å². The van der Waals surface area contributed by atoms with Crippen molar-refractivity contribution in [3.8, 4) is 11.5 Å². The third-order valence-electron chi connectivity index (χ3n) is 4.78. The maximum Gasteiger partial charge on any atom is 0.293 e. The van der Waals surface area contributed by atoms with Gasteiger partial charge in [-0.05, 0) is 42.1 Å². The Morgan fingerprint density at radius 2 is 1.79 bits per heavy atom. The summed E-state index contributed by atoms with van der Waals surface area (Å²) < 4.78 is 24.1. The summed E-state index contributed by atoms with van der Waals surface area (Å²) in [4.78, 5) is 50.1. The van der Waals surface area contributed by atoms with Crippen LogP contribution in [0.5, 0.6) is 11.5 Å². The molecule has 11 heteroatoms. The number of thioether (sulfide) groups is 1. The van der Waals surface area contributed by atoms with Crippen LogP contribution in [0.3, 0.4) is 0 Å². The molecule has 1 saturated heterocycles. The van der Waals surface area contributed by atoms with E-state index in [2.05, 4.69) is 10.6 Å². The second-order valence-corrected chi connectivity index (χ2v) is 7.95. The largest absolute Gasteiger partial charge is 0.493 e. The molecule has 1 aliphatic heterocycles. The fourth-order valence-corrected chi connectivity index (χ4v) is 3.89. The van der Waals surface area contributed by atoms with E-state index in [-0.39, 0.29) is 35.7 Å². The van der Waals surface area contributed by atoms with Crippen molar-refractivity contribution < 1.29 is 33.0 Å². The number of ether oxygens (including phenoxy) is 2. The predicted octanol–water partition coefficient (Wildman–Crippen LogP) is 2.43. The lowest BCUT2D eigenvalue weighted by atomic mass is 10.2. The highest BCUT2D eigenvalue weighted by Gasteiger charge is 2.34. The van der Waals surface area contributed by atoms with E-state index in [1.54, 1.807) is 12.1 Å². The fourth-order valence-electron chi connectivity index (χ4n) is 3.04. The van der Waals surface area contributed by atoms with Gasteiger partial charge in [-0.3, -0.25) is 24.1 Å². The predicted molar refractivity (Wildman–Crippen MR) is 124 cm³/mol. The Hall–Kier alpha value is -3.86. The molecular weight excluding hydrogens is 465 g/mol. The monoisotopic (exact) mass is 487 g/mol. The number of hydrogen-bond acceptors (Lipinski definition) is 7. The van der Waals surface area contributed by atoms with Crippen molar-refractivity contribution in [3.63, 3.8) is 0 Å². The summed E-state index contributed by atoms with van der Waals surface area (Å²) >= 11 is 0.704. The Labute approximate surface area is 199 Å². The summed E-state index contributed by atoms with van der Waals surface area (Å²) in [5.41, 5.74) is 0.483. The summed E-state index contributed by atoms with van der Waals surface area (Å²) in [6.45, 7) is -0.368. The Kier molecular flexibility index (Phi) is 8.25. The van der Waals surface area contributed by atoms with Crippen LogP contribution in [0.2, 0.25) is 0 Å². The molecule has 0 unspecified atom stereocenters. The highest BCUT2D eigenvalue weighted by Crippen LogP contribution is 2.32. The van der Waals surface area contributed by atoms with Gasteiger partial charge in [-0.15, -0.1) is 0 Å². The molecule has 3 rings (SSSR count). The first-order valence-corrected chi connectivity index (χ1v) is 10.9. The molecule has 1 heterocycles. The first-order chi connectivity index (χ1) is 16.3. The van der Waals surface area contributed by atoms with Crippen LogP contribution in [0.4, 0.5) is 9.18 Å². The van der Waals surface area contributed by atoms with Crippen LogP contribution in [0.1, 0.15) is 15.9 Å². The van der Waals surface area contributed by atoms with E-state index in [9.17, 15) is 23.6 Å². The van der Waals surface area contributed by atoms with Gasteiger partial charge < -0.3 is 20.1 Å². The number of nitrogens with one attached hydrogen (secondary N) is 2. The highest BCUT2D eigenvalue weighted by atomic mass is 32.2. The molecule has 0 atom stereocenters. The zero-order valence-electron chi connectivity index (χ0n) is 18.4. The van der Waals surface area contributed by atoms with Gasteiger partial charge in [0.25, 0.3) is 17.1 Å². The molecular formula is C23H22FN3O6S. The Bertz CT molecular complexity index is 1150. The topological polar surface area (TPSA) is 114 Å². The molecule has 0 radical (unpaired) electrons. The summed E-state index contributed by atoms with van der Waals surface area (Å²) in [7, 11) is 2.92. The standard InChI is InChI=1S/C23H22FN3O6S/c1-32-17-8-7-15(11-18(17)33-2)21(29)26-13-20(28)25-9-10-27-22(30)19(34-23(27)31)12-14-5-3-4-6-16(14)24/h3-8,11-12H,9-10,13H2,1-2H3,(H,25,28)(H,26,29)/b19-12-. The number of benzene rings is 2. The van der Waals surface area contributed by atoms with E-state index in [4.69, 9.17) is 9.47 Å². The summed E-state index contributed by atoms with van der Waals surface area (Å²) in [5.74, 6) is -1.21. The van der Waals surface area contributed by atoms with E-state index in [0.29, 0.717) is 23.3 Å². The van der Waals surface area contributed by atoms with Gasteiger partial charge in [0.05, 0.1) is 25.7 Å². The Morgan fingerprint density at radius 1 is 1.06 bits per heavy atom. The van der Waals surface area contributed by atoms with Gasteiger partial charge in [-0.25, -0.2) is 4.39 Å². The van der Waals surface area contributed by atoms with Crippen LogP contribution in [0.25, 0.3) is 6.08 Å². The third-order valence-corrected chi connectivity index (χ3v) is 5.69. The van der Waals surface area contributed by atoms with Crippen molar-refractivity contribution >= 4 is 40.8 Å². The van der Waals surface area contributed by atoms with Crippen molar-refractivity contribution in [2.45, 2.75) is 0 Å². The van der Waals surface area contributed by atoms with E-state index in [1.807, 2.05) is 0 Å². The molecule has 2 aromatic carbocycles. The van der Waals surface area contributed by atoms with Crippen LogP contribution in [-0.2, 0) is 9.59 Å². The van der Waals surface area contributed by atoms with Crippen LogP contribution >= 0.6 is 11.8 Å². The zero-order valence-corrected chi connectivity index (χ0v) is 19.2. The van der Waals surface area contributed by atoms with Crippen LogP contribution in [0.15, 0.2) is 47.4 Å². The number of nitrogens with zero attached hydrogens (tertiary/aromatic N) is 1.